The van der Waals surface area contributed by atoms with Gasteiger partial charge in [-0.25, -0.2) is 0 Å². The Bertz CT molecular complexity index is 1290. The number of nitrogens with zero attached hydrogens (tertiary/aromatic N) is 3. The third kappa shape index (κ3) is 5.98. The Balaban J connectivity index is 1.51. The van der Waals surface area contributed by atoms with Crippen LogP contribution in [0.3, 0.4) is 0 Å². The Morgan fingerprint density at radius 1 is 0.971 bits per heavy atom. The minimum absolute atomic E-state index is 0.109. The second kappa shape index (κ2) is 10.8. The minimum atomic E-state index is -0.109. The lowest BCUT2D eigenvalue weighted by Crippen LogP contribution is -2.15. The number of carbonyl (C=O) groups is 1. The van der Waals surface area contributed by atoms with E-state index in [1.807, 2.05) is 92.1 Å². The molecule has 0 spiro atoms. The van der Waals surface area contributed by atoms with Gasteiger partial charge in [0.1, 0.15) is 12.4 Å². The molecule has 34 heavy (non-hydrogen) atoms. The van der Waals surface area contributed by atoms with E-state index in [0.717, 1.165) is 33.8 Å². The first-order valence-electron chi connectivity index (χ1n) is 10.8. The highest BCUT2D eigenvalue weighted by Crippen LogP contribution is 2.25. The largest absolute Gasteiger partial charge is 0.486 e. The van der Waals surface area contributed by atoms with Crippen molar-refractivity contribution < 1.29 is 9.53 Å². The molecule has 1 amide bonds. The third-order valence-electron chi connectivity index (χ3n) is 5.17. The van der Waals surface area contributed by atoms with Crippen molar-refractivity contribution in [2.24, 2.45) is 0 Å². The zero-order valence-corrected chi connectivity index (χ0v) is 20.8. The van der Waals surface area contributed by atoms with Crippen LogP contribution in [-0.4, -0.2) is 26.4 Å². The monoisotopic (exact) mass is 492 g/mol. The fraction of sp³-hybridized carbons (Fsp3) is 0.192. The number of aryl methyl sites for hydroxylation is 3. The molecule has 0 aliphatic rings. The van der Waals surface area contributed by atoms with E-state index in [1.165, 1.54) is 11.8 Å². The zero-order chi connectivity index (χ0) is 24.1. The molecule has 0 atom stereocenters. The van der Waals surface area contributed by atoms with Crippen molar-refractivity contribution in [3.05, 3.63) is 94.3 Å². The number of aromatic nitrogens is 3. The van der Waals surface area contributed by atoms with Gasteiger partial charge in [-0.1, -0.05) is 53.2 Å². The highest BCUT2D eigenvalue weighted by atomic mass is 35.5. The molecule has 1 heterocycles. The van der Waals surface area contributed by atoms with Crippen molar-refractivity contribution in [2.45, 2.75) is 32.5 Å². The highest BCUT2D eigenvalue weighted by molar-refractivity contribution is 7.99. The zero-order valence-electron chi connectivity index (χ0n) is 19.2. The summed E-state index contributed by atoms with van der Waals surface area (Å²) in [6, 6.07) is 21.2. The fourth-order valence-electron chi connectivity index (χ4n) is 3.31. The second-order valence-corrected chi connectivity index (χ2v) is 9.35. The predicted molar refractivity (Wildman–Crippen MR) is 137 cm³/mol. The van der Waals surface area contributed by atoms with Gasteiger partial charge in [-0.2, -0.15) is 0 Å². The van der Waals surface area contributed by atoms with Gasteiger partial charge >= 0.3 is 0 Å². The van der Waals surface area contributed by atoms with Crippen molar-refractivity contribution >= 4 is 35.0 Å². The molecule has 4 rings (SSSR count). The average molecular weight is 493 g/mol. The van der Waals surface area contributed by atoms with Crippen molar-refractivity contribution in [1.29, 1.82) is 0 Å². The number of rotatable bonds is 8. The average Bonchev–Trinajstić information content (AvgIpc) is 3.23. The van der Waals surface area contributed by atoms with Crippen LogP contribution in [0.5, 0.6) is 5.75 Å². The summed E-state index contributed by atoms with van der Waals surface area (Å²) in [4.78, 5) is 12.7. The summed E-state index contributed by atoms with van der Waals surface area (Å²) in [5.74, 6) is 1.46. The van der Waals surface area contributed by atoms with Crippen LogP contribution in [0.2, 0.25) is 5.02 Å². The molecule has 8 heteroatoms. The van der Waals surface area contributed by atoms with Crippen molar-refractivity contribution in [2.75, 3.05) is 11.1 Å². The summed E-state index contributed by atoms with van der Waals surface area (Å²) in [6.45, 7) is 6.23. The van der Waals surface area contributed by atoms with Gasteiger partial charge in [0.05, 0.1) is 5.75 Å². The summed E-state index contributed by atoms with van der Waals surface area (Å²) in [6.07, 6.45) is 0. The lowest BCUT2D eigenvalue weighted by Gasteiger charge is -2.12. The van der Waals surface area contributed by atoms with Gasteiger partial charge < -0.3 is 10.1 Å². The van der Waals surface area contributed by atoms with E-state index in [1.54, 1.807) is 0 Å². The number of hydrogen-bond donors (Lipinski definition) is 1. The summed E-state index contributed by atoms with van der Waals surface area (Å²) in [5, 5.41) is 12.9. The lowest BCUT2D eigenvalue weighted by atomic mass is 10.1. The molecular formula is C26H25ClN4O2S. The number of ether oxygens (including phenoxy) is 1. The number of benzene rings is 3. The smallest absolute Gasteiger partial charge is 0.234 e. The molecule has 0 bridgehead atoms. The van der Waals surface area contributed by atoms with Gasteiger partial charge in [-0.05, 0) is 74.4 Å². The number of halogens is 1. The van der Waals surface area contributed by atoms with Gasteiger partial charge in [-0.15, -0.1) is 10.2 Å². The number of thioether (sulfide) groups is 1. The predicted octanol–water partition coefficient (Wildman–Crippen LogP) is 6.16. The van der Waals surface area contributed by atoms with E-state index in [4.69, 9.17) is 16.3 Å². The third-order valence-corrected chi connectivity index (χ3v) is 6.35. The summed E-state index contributed by atoms with van der Waals surface area (Å²) < 4.78 is 7.83. The number of carbonyl (C=O) groups excluding carboxylic acids is 1. The number of hydrogen-bond acceptors (Lipinski definition) is 5. The van der Waals surface area contributed by atoms with E-state index >= 15 is 0 Å². The molecule has 174 valence electrons. The Kier molecular flexibility index (Phi) is 7.55. The maximum absolute atomic E-state index is 12.7. The van der Waals surface area contributed by atoms with E-state index < -0.39 is 0 Å². The number of nitrogens with one attached hydrogen (secondary N) is 1. The van der Waals surface area contributed by atoms with Crippen LogP contribution in [0.1, 0.15) is 22.5 Å². The first-order valence-corrected chi connectivity index (χ1v) is 12.1. The first-order chi connectivity index (χ1) is 16.4. The molecule has 0 aliphatic carbocycles. The molecule has 4 aromatic rings. The van der Waals surface area contributed by atoms with Crippen LogP contribution < -0.4 is 10.1 Å². The quantitative estimate of drug-likeness (QED) is 0.298. The van der Waals surface area contributed by atoms with E-state index in [9.17, 15) is 4.79 Å². The normalized spacial score (nSPS) is 10.8. The second-order valence-electron chi connectivity index (χ2n) is 7.97. The molecule has 1 N–H and O–H groups in total. The van der Waals surface area contributed by atoms with Crippen LogP contribution >= 0.6 is 23.4 Å². The van der Waals surface area contributed by atoms with Crippen LogP contribution in [0.4, 0.5) is 5.69 Å². The molecule has 3 aromatic carbocycles. The molecule has 0 saturated heterocycles. The minimum Gasteiger partial charge on any atom is -0.486 e. The standard InChI is InChI=1S/C26H25ClN4O2S/c1-17-5-12-22(13-6-17)33-15-24-29-30-26(31(24)21-10-8-20(27)9-11-21)34-16-25(32)28-23-14-18(2)4-7-19(23)3/h4-14H,15-16H2,1-3H3,(H,28,32). The van der Waals surface area contributed by atoms with E-state index in [0.29, 0.717) is 16.0 Å². The summed E-state index contributed by atoms with van der Waals surface area (Å²) in [5.41, 5.74) is 4.93. The topological polar surface area (TPSA) is 69.0 Å². The Morgan fingerprint density at radius 3 is 2.41 bits per heavy atom. The number of anilines is 1. The van der Waals surface area contributed by atoms with Crippen molar-refractivity contribution in [3.63, 3.8) is 0 Å². The van der Waals surface area contributed by atoms with Gasteiger partial charge in [0, 0.05) is 16.4 Å². The highest BCUT2D eigenvalue weighted by Gasteiger charge is 2.17. The van der Waals surface area contributed by atoms with Crippen LogP contribution in [0.25, 0.3) is 5.69 Å². The Hall–Kier alpha value is -3.29. The van der Waals surface area contributed by atoms with Crippen LogP contribution in [0, 0.1) is 20.8 Å². The Labute approximate surface area is 208 Å². The SMILES string of the molecule is Cc1ccc(OCc2nnc(SCC(=O)Nc3cc(C)ccc3C)n2-c2ccc(Cl)cc2)cc1. The molecule has 0 saturated carbocycles. The molecule has 0 unspecified atom stereocenters. The van der Waals surface area contributed by atoms with Crippen LogP contribution in [-0.2, 0) is 11.4 Å². The summed E-state index contributed by atoms with van der Waals surface area (Å²) in [7, 11) is 0. The first kappa shape index (κ1) is 23.9. The maximum Gasteiger partial charge on any atom is 0.234 e. The Morgan fingerprint density at radius 2 is 1.68 bits per heavy atom. The summed E-state index contributed by atoms with van der Waals surface area (Å²) >= 11 is 7.40. The molecular weight excluding hydrogens is 468 g/mol. The van der Waals surface area contributed by atoms with Gasteiger partial charge in [0.15, 0.2) is 11.0 Å². The van der Waals surface area contributed by atoms with Gasteiger partial charge in [0.2, 0.25) is 5.91 Å². The van der Waals surface area contributed by atoms with Gasteiger partial charge in [0.25, 0.3) is 0 Å². The molecule has 0 aliphatic heterocycles. The molecule has 0 fully saturated rings. The maximum atomic E-state index is 12.7. The molecule has 1 aromatic heterocycles. The molecule has 6 nitrogen and oxygen atoms in total. The molecule has 0 radical (unpaired) electrons. The van der Waals surface area contributed by atoms with Crippen molar-refractivity contribution in [1.82, 2.24) is 14.8 Å². The van der Waals surface area contributed by atoms with E-state index in [2.05, 4.69) is 15.5 Å². The van der Waals surface area contributed by atoms with Crippen LogP contribution in [0.15, 0.2) is 71.9 Å². The number of amides is 1. The van der Waals surface area contributed by atoms with Crippen molar-refractivity contribution in [3.8, 4) is 11.4 Å². The lowest BCUT2D eigenvalue weighted by molar-refractivity contribution is -0.113. The van der Waals surface area contributed by atoms with E-state index in [-0.39, 0.29) is 18.3 Å². The fourth-order valence-corrected chi connectivity index (χ4v) is 4.20. The van der Waals surface area contributed by atoms with Gasteiger partial charge in [-0.3, -0.25) is 9.36 Å².